The monoisotopic (exact) mass is 338 g/mol. The molecule has 0 bridgehead atoms. The van der Waals surface area contributed by atoms with Gasteiger partial charge in [-0.15, -0.1) is 0 Å². The van der Waals surface area contributed by atoms with Crippen LogP contribution in [0.25, 0.3) is 10.8 Å². The average Bonchev–Trinajstić information content (AvgIpc) is 3.33. The van der Waals surface area contributed by atoms with E-state index in [-0.39, 0.29) is 0 Å². The standard InChI is InChI=1S/C22H30N2O/c1-17(23-12-4-5-13-23)16-20(24-14-6-7-15-24)22-19-9-3-2-8-18(19)10-11-21(22)25/h2-3,8-11,17,20,25H,4-7,12-16H2,1H3/t17-,20+/m0/s1. The number of hydrogen-bond acceptors (Lipinski definition) is 3. The molecule has 2 saturated heterocycles. The molecule has 3 nitrogen and oxygen atoms in total. The Labute approximate surface area is 151 Å². The molecule has 25 heavy (non-hydrogen) atoms. The zero-order chi connectivity index (χ0) is 17.2. The summed E-state index contributed by atoms with van der Waals surface area (Å²) in [5, 5.41) is 13.2. The number of nitrogens with zero attached hydrogens (tertiary/aromatic N) is 2. The normalized spacial score (nSPS) is 21.8. The molecule has 1 N–H and O–H groups in total. The Morgan fingerprint density at radius 3 is 2.24 bits per heavy atom. The number of hydrogen-bond donors (Lipinski definition) is 1. The molecule has 0 amide bonds. The zero-order valence-electron chi connectivity index (χ0n) is 15.3. The molecule has 0 aromatic heterocycles. The maximum absolute atomic E-state index is 10.8. The molecule has 134 valence electrons. The summed E-state index contributed by atoms with van der Waals surface area (Å²) in [5.41, 5.74) is 1.14. The van der Waals surface area contributed by atoms with Gasteiger partial charge >= 0.3 is 0 Å². The van der Waals surface area contributed by atoms with Crippen LogP contribution in [0.5, 0.6) is 5.75 Å². The third-order valence-electron chi connectivity index (χ3n) is 6.19. The van der Waals surface area contributed by atoms with E-state index in [1.54, 1.807) is 0 Å². The average molecular weight is 338 g/mol. The van der Waals surface area contributed by atoms with Crippen molar-refractivity contribution in [2.75, 3.05) is 26.2 Å². The maximum atomic E-state index is 10.8. The molecule has 4 rings (SSSR count). The van der Waals surface area contributed by atoms with Gasteiger partial charge in [-0.2, -0.15) is 0 Å². The van der Waals surface area contributed by atoms with Crippen LogP contribution in [0.15, 0.2) is 36.4 Å². The van der Waals surface area contributed by atoms with Crippen molar-refractivity contribution < 1.29 is 5.11 Å². The summed E-state index contributed by atoms with van der Waals surface area (Å²) >= 11 is 0. The minimum absolute atomic E-state index is 0.309. The summed E-state index contributed by atoms with van der Waals surface area (Å²) in [4.78, 5) is 5.24. The van der Waals surface area contributed by atoms with Crippen molar-refractivity contribution in [2.24, 2.45) is 0 Å². The van der Waals surface area contributed by atoms with E-state index in [9.17, 15) is 5.11 Å². The lowest BCUT2D eigenvalue weighted by Crippen LogP contribution is -2.36. The SMILES string of the molecule is C[C@@H](C[C@H](c1c(O)ccc2ccccc12)N1CCCC1)N1CCCC1. The van der Waals surface area contributed by atoms with Crippen molar-refractivity contribution in [3.63, 3.8) is 0 Å². The van der Waals surface area contributed by atoms with Crippen LogP contribution in [0.3, 0.4) is 0 Å². The smallest absolute Gasteiger partial charge is 0.121 e. The third kappa shape index (κ3) is 3.40. The molecule has 2 aromatic rings. The molecular formula is C22H30N2O. The Kier molecular flexibility index (Phi) is 4.96. The van der Waals surface area contributed by atoms with E-state index in [2.05, 4.69) is 41.0 Å². The summed E-state index contributed by atoms with van der Waals surface area (Å²) in [5.74, 6) is 0.462. The second-order valence-electron chi connectivity index (χ2n) is 7.81. The fraction of sp³-hybridized carbons (Fsp3) is 0.545. The van der Waals surface area contributed by atoms with Crippen molar-refractivity contribution in [1.29, 1.82) is 0 Å². The molecule has 2 atom stereocenters. The first-order valence-electron chi connectivity index (χ1n) is 9.93. The quantitative estimate of drug-likeness (QED) is 0.866. The predicted octanol–water partition coefficient (Wildman–Crippen LogP) is 4.56. The first kappa shape index (κ1) is 16.9. The Morgan fingerprint density at radius 2 is 1.52 bits per heavy atom. The molecule has 2 fully saturated rings. The van der Waals surface area contributed by atoms with Crippen molar-refractivity contribution in [2.45, 2.75) is 51.1 Å². The van der Waals surface area contributed by atoms with Gasteiger partial charge in [0.15, 0.2) is 0 Å². The van der Waals surface area contributed by atoms with E-state index in [0.717, 1.165) is 25.1 Å². The van der Waals surface area contributed by atoms with Gasteiger partial charge in [0.05, 0.1) is 0 Å². The van der Waals surface area contributed by atoms with Crippen molar-refractivity contribution in [1.82, 2.24) is 9.80 Å². The van der Waals surface area contributed by atoms with E-state index >= 15 is 0 Å². The van der Waals surface area contributed by atoms with Crippen LogP contribution in [0.4, 0.5) is 0 Å². The molecule has 0 unspecified atom stereocenters. The number of phenolic OH excluding ortho intramolecular Hbond substituents is 1. The topological polar surface area (TPSA) is 26.7 Å². The fourth-order valence-electron chi connectivity index (χ4n) is 4.79. The van der Waals surface area contributed by atoms with Crippen LogP contribution in [0.1, 0.15) is 50.6 Å². The molecule has 2 aliphatic heterocycles. The van der Waals surface area contributed by atoms with Crippen LogP contribution in [-0.2, 0) is 0 Å². The molecule has 3 heteroatoms. The summed E-state index contributed by atoms with van der Waals surface area (Å²) in [6, 6.07) is 13.3. The highest BCUT2D eigenvalue weighted by Gasteiger charge is 2.30. The number of aromatic hydroxyl groups is 1. The summed E-state index contributed by atoms with van der Waals surface area (Å²) in [7, 11) is 0. The Hall–Kier alpha value is -1.58. The molecular weight excluding hydrogens is 308 g/mol. The molecule has 0 saturated carbocycles. The third-order valence-corrected chi connectivity index (χ3v) is 6.19. The highest BCUT2D eigenvalue weighted by Crippen LogP contribution is 2.40. The number of likely N-dealkylation sites (tertiary alicyclic amines) is 2. The fourth-order valence-corrected chi connectivity index (χ4v) is 4.79. The van der Waals surface area contributed by atoms with Crippen LogP contribution >= 0.6 is 0 Å². The molecule has 2 heterocycles. The van der Waals surface area contributed by atoms with Gasteiger partial charge in [-0.3, -0.25) is 4.90 Å². The minimum Gasteiger partial charge on any atom is -0.508 e. The Balaban J connectivity index is 1.71. The lowest BCUT2D eigenvalue weighted by Gasteiger charge is -2.34. The first-order chi connectivity index (χ1) is 12.2. The van der Waals surface area contributed by atoms with Crippen LogP contribution < -0.4 is 0 Å². The van der Waals surface area contributed by atoms with Crippen molar-refractivity contribution in [3.05, 3.63) is 42.0 Å². The van der Waals surface area contributed by atoms with Gasteiger partial charge in [-0.1, -0.05) is 30.3 Å². The van der Waals surface area contributed by atoms with E-state index in [1.165, 1.54) is 49.5 Å². The van der Waals surface area contributed by atoms with Gasteiger partial charge in [0, 0.05) is 17.6 Å². The first-order valence-corrected chi connectivity index (χ1v) is 9.93. The molecule has 0 aliphatic carbocycles. The molecule has 0 spiro atoms. The van der Waals surface area contributed by atoms with Crippen LogP contribution in [0, 0.1) is 0 Å². The summed E-state index contributed by atoms with van der Waals surface area (Å²) in [6.07, 6.45) is 6.32. The number of rotatable bonds is 5. The van der Waals surface area contributed by atoms with Crippen LogP contribution in [0.2, 0.25) is 0 Å². The van der Waals surface area contributed by atoms with Crippen LogP contribution in [-0.4, -0.2) is 47.1 Å². The Bertz CT molecular complexity index is 717. The van der Waals surface area contributed by atoms with E-state index in [1.807, 2.05) is 12.1 Å². The predicted molar refractivity (Wildman–Crippen MR) is 104 cm³/mol. The van der Waals surface area contributed by atoms with Gasteiger partial charge in [0.25, 0.3) is 0 Å². The second-order valence-corrected chi connectivity index (χ2v) is 7.81. The second kappa shape index (κ2) is 7.35. The van der Waals surface area contributed by atoms with Gasteiger partial charge in [0.1, 0.15) is 5.75 Å². The van der Waals surface area contributed by atoms with E-state index < -0.39 is 0 Å². The molecule has 0 radical (unpaired) electrons. The van der Waals surface area contributed by atoms with E-state index in [0.29, 0.717) is 17.8 Å². The lowest BCUT2D eigenvalue weighted by molar-refractivity contribution is 0.164. The number of phenols is 1. The zero-order valence-corrected chi connectivity index (χ0v) is 15.3. The summed E-state index contributed by atoms with van der Waals surface area (Å²) < 4.78 is 0. The number of benzene rings is 2. The minimum atomic E-state index is 0.309. The maximum Gasteiger partial charge on any atom is 0.121 e. The Morgan fingerprint density at radius 1 is 0.880 bits per heavy atom. The lowest BCUT2D eigenvalue weighted by atomic mass is 9.92. The summed E-state index contributed by atoms with van der Waals surface area (Å²) in [6.45, 7) is 7.14. The van der Waals surface area contributed by atoms with Gasteiger partial charge in [0.2, 0.25) is 0 Å². The highest BCUT2D eigenvalue weighted by molar-refractivity contribution is 5.88. The molecule has 2 aliphatic rings. The van der Waals surface area contributed by atoms with Crippen molar-refractivity contribution in [3.8, 4) is 5.75 Å². The largest absolute Gasteiger partial charge is 0.508 e. The van der Waals surface area contributed by atoms with Gasteiger partial charge in [-0.05, 0) is 82.0 Å². The highest BCUT2D eigenvalue weighted by atomic mass is 16.3. The van der Waals surface area contributed by atoms with E-state index in [4.69, 9.17) is 0 Å². The van der Waals surface area contributed by atoms with Crippen molar-refractivity contribution >= 4 is 10.8 Å². The van der Waals surface area contributed by atoms with Gasteiger partial charge < -0.3 is 10.0 Å². The van der Waals surface area contributed by atoms with Gasteiger partial charge in [-0.25, -0.2) is 0 Å². The number of fused-ring (bicyclic) bond motifs is 1. The molecule has 2 aromatic carbocycles.